The third kappa shape index (κ3) is 4.31. The van der Waals surface area contributed by atoms with Crippen molar-refractivity contribution in [3.05, 3.63) is 58.2 Å². The summed E-state index contributed by atoms with van der Waals surface area (Å²) in [6.07, 6.45) is -0.888. The molecule has 226 valence electrons. The van der Waals surface area contributed by atoms with E-state index in [1.807, 2.05) is 32.0 Å². The number of rotatable bonds is 6. The Morgan fingerprint density at radius 3 is 2.65 bits per heavy atom. The zero-order valence-corrected chi connectivity index (χ0v) is 23.3. The van der Waals surface area contributed by atoms with Gasteiger partial charge >= 0.3 is 11.8 Å². The summed E-state index contributed by atoms with van der Waals surface area (Å²) in [4.78, 5) is 21.3. The fraction of sp³-hybridized carbons (Fsp3) is 0.414. The van der Waals surface area contributed by atoms with Crippen LogP contribution in [0.4, 0.5) is 13.2 Å². The number of imidazole rings is 1. The van der Waals surface area contributed by atoms with Crippen molar-refractivity contribution in [1.82, 2.24) is 28.9 Å². The van der Waals surface area contributed by atoms with Gasteiger partial charge in [-0.25, -0.2) is 23.1 Å². The molecule has 5 heterocycles. The molecule has 0 spiro atoms. The summed E-state index contributed by atoms with van der Waals surface area (Å²) >= 11 is 0. The van der Waals surface area contributed by atoms with E-state index in [0.717, 1.165) is 28.7 Å². The summed E-state index contributed by atoms with van der Waals surface area (Å²) in [6.45, 7) is 3.41. The molecule has 11 nitrogen and oxygen atoms in total. The van der Waals surface area contributed by atoms with Crippen LogP contribution in [-0.2, 0) is 29.6 Å². The number of aromatic amines is 1. The SMILES string of the molecule is CC1(C)OCc2cc(-c3c(-c4cn(CC(F)F)nc4F)[nH]c4ncc5c(c34)n(C3CCCC3)c(=O)n5C(O)(O)O)ccc21. The van der Waals surface area contributed by atoms with E-state index < -0.39 is 36.3 Å². The number of pyridine rings is 1. The Kier molecular flexibility index (Phi) is 6.15. The molecule has 1 aromatic carbocycles. The Labute approximate surface area is 241 Å². The first kappa shape index (κ1) is 27.8. The van der Waals surface area contributed by atoms with Crippen molar-refractivity contribution in [3.8, 4) is 22.4 Å². The van der Waals surface area contributed by atoms with Crippen LogP contribution in [0.2, 0.25) is 0 Å². The monoisotopic (exact) mass is 598 g/mol. The van der Waals surface area contributed by atoms with E-state index in [4.69, 9.17) is 4.74 Å². The highest BCUT2D eigenvalue weighted by Crippen LogP contribution is 2.45. The standard InChI is InChI=1S/C29H29F3N6O5/c1-28(2)18-8-7-14(9-15(18)13-43-28)21-22-24-19(38(29(40,41)42)27(39)37(24)16-5-3-4-6-16)10-33-26(22)34-23(21)17-11-36(12-20(30)31)35-25(17)32/h7-11,16,20,40-42H,3-6,12-13H2,1-2H3,(H,33,34). The van der Waals surface area contributed by atoms with Gasteiger partial charge in [0.05, 0.1) is 46.1 Å². The number of ether oxygens (including phenoxy) is 1. The molecular formula is C29H29F3N6O5. The lowest BCUT2D eigenvalue weighted by Gasteiger charge is -2.18. The van der Waals surface area contributed by atoms with Crippen LogP contribution in [0.1, 0.15) is 56.7 Å². The van der Waals surface area contributed by atoms with Gasteiger partial charge in [0, 0.05) is 17.8 Å². The maximum absolute atomic E-state index is 15.4. The van der Waals surface area contributed by atoms with Crippen LogP contribution in [-0.4, -0.2) is 50.6 Å². The summed E-state index contributed by atoms with van der Waals surface area (Å²) < 4.78 is 50.4. The summed E-state index contributed by atoms with van der Waals surface area (Å²) in [7, 11) is 0. The number of alkyl halides is 2. The molecule has 1 saturated carbocycles. The van der Waals surface area contributed by atoms with Crippen molar-refractivity contribution in [2.24, 2.45) is 0 Å². The Hall–Kier alpha value is -3.98. The van der Waals surface area contributed by atoms with Gasteiger partial charge in [-0.2, -0.15) is 4.39 Å². The van der Waals surface area contributed by atoms with Gasteiger partial charge in [0.1, 0.15) is 12.2 Å². The van der Waals surface area contributed by atoms with Gasteiger partial charge in [-0.05, 0) is 49.4 Å². The first-order valence-electron chi connectivity index (χ1n) is 14.0. The number of H-pyrrole nitrogens is 1. The van der Waals surface area contributed by atoms with E-state index in [0.29, 0.717) is 40.5 Å². The number of nitrogens with one attached hydrogen (secondary N) is 1. The minimum Gasteiger partial charge on any atom is -0.366 e. The highest BCUT2D eigenvalue weighted by atomic mass is 19.3. The predicted octanol–water partition coefficient (Wildman–Crippen LogP) is 4.04. The Bertz CT molecular complexity index is 1960. The smallest absolute Gasteiger partial charge is 0.366 e. The molecule has 5 aromatic rings. The molecule has 0 bridgehead atoms. The second-order valence-corrected chi connectivity index (χ2v) is 11.7. The normalized spacial score (nSPS) is 17.2. The van der Waals surface area contributed by atoms with E-state index in [1.54, 1.807) is 0 Å². The number of hydrogen-bond acceptors (Lipinski definition) is 7. The maximum atomic E-state index is 15.4. The predicted molar refractivity (Wildman–Crippen MR) is 148 cm³/mol. The third-order valence-electron chi connectivity index (χ3n) is 8.59. The summed E-state index contributed by atoms with van der Waals surface area (Å²) in [6, 6.07) is 5.31. The minimum absolute atomic E-state index is 0.0526. The van der Waals surface area contributed by atoms with Crippen LogP contribution >= 0.6 is 0 Å². The van der Waals surface area contributed by atoms with Crippen LogP contribution in [0.5, 0.6) is 0 Å². The van der Waals surface area contributed by atoms with E-state index in [-0.39, 0.29) is 34.0 Å². The summed E-state index contributed by atoms with van der Waals surface area (Å²) in [5.41, 5.74) is 2.03. The lowest BCUT2D eigenvalue weighted by Crippen LogP contribution is -2.41. The van der Waals surface area contributed by atoms with Crippen molar-refractivity contribution in [2.45, 2.75) is 76.8 Å². The van der Waals surface area contributed by atoms with Gasteiger partial charge in [0.2, 0.25) is 5.95 Å². The van der Waals surface area contributed by atoms with Gasteiger partial charge in [-0.15, -0.1) is 5.10 Å². The van der Waals surface area contributed by atoms with Crippen molar-refractivity contribution >= 4 is 22.1 Å². The van der Waals surface area contributed by atoms with Crippen LogP contribution in [0, 0.1) is 5.95 Å². The quantitative estimate of drug-likeness (QED) is 0.216. The second-order valence-electron chi connectivity index (χ2n) is 11.7. The number of aliphatic hydroxyl groups is 3. The number of aromatic nitrogens is 6. The van der Waals surface area contributed by atoms with E-state index in [1.165, 1.54) is 17.0 Å². The van der Waals surface area contributed by atoms with E-state index in [2.05, 4.69) is 15.1 Å². The first-order chi connectivity index (χ1) is 20.3. The van der Waals surface area contributed by atoms with Gasteiger partial charge in [-0.1, -0.05) is 25.0 Å². The van der Waals surface area contributed by atoms with Gasteiger partial charge in [0.15, 0.2) is 0 Å². The van der Waals surface area contributed by atoms with Gasteiger partial charge in [-0.3, -0.25) is 9.25 Å². The third-order valence-corrected chi connectivity index (χ3v) is 8.59. The molecule has 0 atom stereocenters. The van der Waals surface area contributed by atoms with Gasteiger partial charge in [0.25, 0.3) is 6.43 Å². The van der Waals surface area contributed by atoms with Crippen LogP contribution in [0.3, 0.4) is 0 Å². The molecule has 14 heteroatoms. The Morgan fingerprint density at radius 2 is 1.95 bits per heavy atom. The number of hydrogen-bond donors (Lipinski definition) is 4. The van der Waals surface area contributed by atoms with Crippen LogP contribution in [0.25, 0.3) is 44.5 Å². The molecule has 1 fully saturated rings. The number of fused-ring (bicyclic) bond motifs is 4. The molecule has 0 unspecified atom stereocenters. The largest absolute Gasteiger partial charge is 0.377 e. The molecule has 0 amide bonds. The Morgan fingerprint density at radius 1 is 1.21 bits per heavy atom. The van der Waals surface area contributed by atoms with Crippen LogP contribution in [0.15, 0.2) is 35.4 Å². The first-order valence-corrected chi connectivity index (χ1v) is 14.0. The lowest BCUT2D eigenvalue weighted by atomic mass is 9.91. The highest BCUT2D eigenvalue weighted by Gasteiger charge is 2.36. The fourth-order valence-corrected chi connectivity index (χ4v) is 6.72. The molecule has 43 heavy (non-hydrogen) atoms. The molecule has 7 rings (SSSR count). The summed E-state index contributed by atoms with van der Waals surface area (Å²) in [5, 5.41) is 34.7. The van der Waals surface area contributed by atoms with Crippen molar-refractivity contribution < 1.29 is 33.2 Å². The molecule has 0 saturated heterocycles. The zero-order chi connectivity index (χ0) is 30.4. The molecule has 4 aromatic heterocycles. The molecular weight excluding hydrogens is 569 g/mol. The zero-order valence-electron chi connectivity index (χ0n) is 23.3. The minimum atomic E-state index is -3.52. The lowest BCUT2D eigenvalue weighted by molar-refractivity contribution is -0.374. The number of halogens is 3. The Balaban J connectivity index is 1.60. The fourth-order valence-electron chi connectivity index (χ4n) is 6.72. The average Bonchev–Trinajstić information content (AvgIpc) is 3.72. The molecule has 1 aliphatic heterocycles. The van der Waals surface area contributed by atoms with E-state index >= 15 is 4.39 Å². The second kappa shape index (κ2) is 9.51. The molecule has 4 N–H and O–H groups in total. The highest BCUT2D eigenvalue weighted by molar-refractivity contribution is 6.14. The van der Waals surface area contributed by atoms with Crippen molar-refractivity contribution in [1.29, 1.82) is 0 Å². The van der Waals surface area contributed by atoms with E-state index in [9.17, 15) is 28.9 Å². The topological polar surface area (TPSA) is 143 Å². The van der Waals surface area contributed by atoms with Gasteiger partial charge < -0.3 is 25.0 Å². The number of nitrogens with zero attached hydrogens (tertiary/aromatic N) is 5. The van der Waals surface area contributed by atoms with Crippen molar-refractivity contribution in [2.75, 3.05) is 0 Å². The molecule has 0 radical (unpaired) electrons. The maximum Gasteiger partial charge on any atom is 0.377 e. The number of benzene rings is 1. The van der Waals surface area contributed by atoms with Crippen molar-refractivity contribution in [3.63, 3.8) is 0 Å². The molecule has 1 aliphatic carbocycles. The summed E-state index contributed by atoms with van der Waals surface area (Å²) in [5.74, 6) is -0.985. The van der Waals surface area contributed by atoms with Crippen LogP contribution < -0.4 is 5.69 Å². The molecule has 2 aliphatic rings. The average molecular weight is 599 g/mol.